The third-order valence-electron chi connectivity index (χ3n) is 8.72. The van der Waals surface area contributed by atoms with E-state index < -0.39 is 0 Å². The first kappa shape index (κ1) is 25.1. The van der Waals surface area contributed by atoms with Gasteiger partial charge in [-0.2, -0.15) is 0 Å². The molecule has 0 spiro atoms. The summed E-state index contributed by atoms with van der Waals surface area (Å²) in [7, 11) is 0. The fourth-order valence-corrected chi connectivity index (χ4v) is 6.56. The topological polar surface area (TPSA) is 79.7 Å². The molecule has 0 unspecified atom stereocenters. The van der Waals surface area contributed by atoms with Crippen LogP contribution in [0.25, 0.3) is 10.9 Å². The molecule has 3 aromatic rings. The number of fused-ring (bicyclic) bond motifs is 1. The van der Waals surface area contributed by atoms with E-state index in [9.17, 15) is 4.79 Å². The van der Waals surface area contributed by atoms with E-state index in [0.29, 0.717) is 24.5 Å². The van der Waals surface area contributed by atoms with Gasteiger partial charge in [0.05, 0.1) is 17.6 Å². The molecule has 2 aromatic heterocycles. The zero-order chi connectivity index (χ0) is 25.2. The lowest BCUT2D eigenvalue weighted by molar-refractivity contribution is 0.0590. The number of aromatic nitrogens is 5. The molecule has 0 aliphatic heterocycles. The number of nitrogens with one attached hydrogen (secondary N) is 1. The van der Waals surface area contributed by atoms with Gasteiger partial charge in [0.25, 0.3) is 5.56 Å². The number of pyridine rings is 1. The highest BCUT2D eigenvalue weighted by Gasteiger charge is 2.36. The molecular formula is C29H42N6O. The molecule has 5 rings (SSSR count). The molecule has 0 bridgehead atoms. The van der Waals surface area contributed by atoms with Crippen LogP contribution in [-0.4, -0.2) is 36.1 Å². The molecular weight excluding hydrogens is 448 g/mol. The lowest BCUT2D eigenvalue weighted by Crippen LogP contribution is -2.43. The molecule has 0 radical (unpaired) electrons. The number of benzene rings is 1. The molecule has 194 valence electrons. The smallest absolute Gasteiger partial charge is 0.252 e. The second kappa shape index (κ2) is 10.8. The van der Waals surface area contributed by atoms with Gasteiger partial charge in [-0.05, 0) is 78.5 Å². The van der Waals surface area contributed by atoms with E-state index in [1.807, 2.05) is 0 Å². The van der Waals surface area contributed by atoms with Gasteiger partial charge in [-0.1, -0.05) is 64.5 Å². The van der Waals surface area contributed by atoms with Crippen molar-refractivity contribution in [3.05, 3.63) is 51.1 Å². The van der Waals surface area contributed by atoms with Crippen molar-refractivity contribution < 1.29 is 0 Å². The van der Waals surface area contributed by atoms with E-state index in [4.69, 9.17) is 0 Å². The summed E-state index contributed by atoms with van der Waals surface area (Å²) in [4.78, 5) is 19.2. The Hall–Kier alpha value is -2.54. The summed E-state index contributed by atoms with van der Waals surface area (Å²) in [5, 5.41) is 14.4. The first-order chi connectivity index (χ1) is 17.4. The minimum absolute atomic E-state index is 0.0198. The van der Waals surface area contributed by atoms with Gasteiger partial charge in [-0.25, -0.2) is 4.68 Å². The SMILES string of the molecule is Cc1ccc2cc(CN(C3CCCCC3)[C@@H](c3nnnn3C3CCCCC3)C(C)C)c(=O)[nH]c2c1C. The van der Waals surface area contributed by atoms with Crippen molar-refractivity contribution in [1.82, 2.24) is 30.1 Å². The summed E-state index contributed by atoms with van der Waals surface area (Å²) in [6.07, 6.45) is 12.2. The van der Waals surface area contributed by atoms with Crippen molar-refractivity contribution in [1.29, 1.82) is 0 Å². The summed E-state index contributed by atoms with van der Waals surface area (Å²) in [5.74, 6) is 1.30. The fourth-order valence-electron chi connectivity index (χ4n) is 6.56. The number of nitrogens with zero attached hydrogens (tertiary/aromatic N) is 5. The highest BCUT2D eigenvalue weighted by atomic mass is 16.1. The Kier molecular flexibility index (Phi) is 7.56. The second-order valence-electron chi connectivity index (χ2n) is 11.5. The van der Waals surface area contributed by atoms with E-state index in [2.05, 4.69) is 76.0 Å². The van der Waals surface area contributed by atoms with Crippen LogP contribution < -0.4 is 5.56 Å². The summed E-state index contributed by atoms with van der Waals surface area (Å²) < 4.78 is 2.14. The molecule has 7 nitrogen and oxygen atoms in total. The first-order valence-electron chi connectivity index (χ1n) is 14.1. The predicted molar refractivity (Wildman–Crippen MR) is 144 cm³/mol. The highest BCUT2D eigenvalue weighted by Crippen LogP contribution is 2.37. The van der Waals surface area contributed by atoms with Gasteiger partial charge < -0.3 is 4.98 Å². The van der Waals surface area contributed by atoms with E-state index in [1.165, 1.54) is 44.1 Å². The Balaban J connectivity index is 1.55. The van der Waals surface area contributed by atoms with Gasteiger partial charge in [-0.3, -0.25) is 9.69 Å². The fraction of sp³-hybridized carbons (Fsp3) is 0.655. The summed E-state index contributed by atoms with van der Waals surface area (Å²) in [6, 6.07) is 7.27. The maximum Gasteiger partial charge on any atom is 0.252 e. The van der Waals surface area contributed by atoms with Crippen LogP contribution in [-0.2, 0) is 6.54 Å². The molecule has 7 heteroatoms. The Morgan fingerprint density at radius 1 is 1.03 bits per heavy atom. The Morgan fingerprint density at radius 3 is 2.42 bits per heavy atom. The Labute approximate surface area is 214 Å². The largest absolute Gasteiger partial charge is 0.321 e. The van der Waals surface area contributed by atoms with Crippen LogP contribution in [0.15, 0.2) is 23.0 Å². The number of hydrogen-bond donors (Lipinski definition) is 1. The molecule has 2 aliphatic carbocycles. The quantitative estimate of drug-likeness (QED) is 0.428. The van der Waals surface area contributed by atoms with Gasteiger partial charge in [-0.15, -0.1) is 5.10 Å². The predicted octanol–water partition coefficient (Wildman–Crippen LogP) is 6.17. The van der Waals surface area contributed by atoms with Gasteiger partial charge in [0.1, 0.15) is 0 Å². The first-order valence-corrected chi connectivity index (χ1v) is 14.1. The van der Waals surface area contributed by atoms with Crippen LogP contribution in [0.1, 0.15) is 113 Å². The third kappa shape index (κ3) is 4.99. The minimum Gasteiger partial charge on any atom is -0.321 e. The second-order valence-corrected chi connectivity index (χ2v) is 11.5. The number of aryl methyl sites for hydroxylation is 2. The maximum absolute atomic E-state index is 13.4. The van der Waals surface area contributed by atoms with Gasteiger partial charge in [0, 0.05) is 18.2 Å². The van der Waals surface area contributed by atoms with Crippen LogP contribution in [0.3, 0.4) is 0 Å². The van der Waals surface area contributed by atoms with Crippen molar-refractivity contribution in [3.8, 4) is 0 Å². The van der Waals surface area contributed by atoms with Crippen molar-refractivity contribution in [2.24, 2.45) is 5.92 Å². The van der Waals surface area contributed by atoms with Gasteiger partial charge in [0.2, 0.25) is 0 Å². The van der Waals surface area contributed by atoms with Crippen molar-refractivity contribution in [2.45, 2.75) is 117 Å². The van der Waals surface area contributed by atoms with Crippen molar-refractivity contribution >= 4 is 10.9 Å². The normalized spacial score (nSPS) is 18.9. The average Bonchev–Trinajstić information content (AvgIpc) is 3.37. The standard InChI is InChI=1S/C29H42N6O/c1-19(2)27(28-31-32-33-35(28)25-13-9-6-10-14-25)34(24-11-7-5-8-12-24)18-23-17-22-16-15-20(3)21(4)26(22)30-29(23)36/h15-17,19,24-25,27H,5-14,18H2,1-4H3,(H,30,36)/t27-/m1/s1. The van der Waals surface area contributed by atoms with Crippen LogP contribution in [0.5, 0.6) is 0 Å². The Bertz CT molecular complexity index is 1230. The lowest BCUT2D eigenvalue weighted by atomic mass is 9.89. The molecule has 2 saturated carbocycles. The van der Waals surface area contributed by atoms with Gasteiger partial charge in [0.15, 0.2) is 5.82 Å². The summed E-state index contributed by atoms with van der Waals surface area (Å²) in [6.45, 7) is 9.34. The Morgan fingerprint density at radius 2 is 1.72 bits per heavy atom. The summed E-state index contributed by atoms with van der Waals surface area (Å²) in [5.41, 5.74) is 4.15. The number of rotatable bonds is 7. The molecule has 2 heterocycles. The molecule has 1 aromatic carbocycles. The molecule has 0 amide bonds. The van der Waals surface area contributed by atoms with Crippen molar-refractivity contribution in [3.63, 3.8) is 0 Å². The van der Waals surface area contributed by atoms with E-state index in [-0.39, 0.29) is 11.6 Å². The lowest BCUT2D eigenvalue weighted by Gasteiger charge is -2.41. The van der Waals surface area contributed by atoms with Crippen LogP contribution in [0, 0.1) is 19.8 Å². The average molecular weight is 491 g/mol. The zero-order valence-corrected chi connectivity index (χ0v) is 22.5. The number of hydrogen-bond acceptors (Lipinski definition) is 5. The van der Waals surface area contributed by atoms with Crippen LogP contribution >= 0.6 is 0 Å². The van der Waals surface area contributed by atoms with E-state index in [1.54, 1.807) is 0 Å². The highest BCUT2D eigenvalue weighted by molar-refractivity contribution is 5.83. The molecule has 1 atom stereocenters. The maximum atomic E-state index is 13.4. The summed E-state index contributed by atoms with van der Waals surface area (Å²) >= 11 is 0. The third-order valence-corrected chi connectivity index (χ3v) is 8.72. The molecule has 36 heavy (non-hydrogen) atoms. The monoisotopic (exact) mass is 490 g/mol. The molecule has 0 saturated heterocycles. The number of aromatic amines is 1. The number of tetrazole rings is 1. The molecule has 1 N–H and O–H groups in total. The van der Waals surface area contributed by atoms with E-state index >= 15 is 0 Å². The number of H-pyrrole nitrogens is 1. The van der Waals surface area contributed by atoms with Gasteiger partial charge >= 0.3 is 0 Å². The molecule has 2 fully saturated rings. The van der Waals surface area contributed by atoms with E-state index in [0.717, 1.165) is 53.5 Å². The van der Waals surface area contributed by atoms with Crippen LogP contribution in [0.2, 0.25) is 0 Å². The van der Waals surface area contributed by atoms with Crippen molar-refractivity contribution in [2.75, 3.05) is 0 Å². The molecule has 2 aliphatic rings. The zero-order valence-electron chi connectivity index (χ0n) is 22.5. The van der Waals surface area contributed by atoms with Crippen LogP contribution in [0.4, 0.5) is 0 Å². The minimum atomic E-state index is 0.0198.